The maximum absolute atomic E-state index is 13.1. The van der Waals surface area contributed by atoms with Crippen molar-refractivity contribution >= 4 is 46.3 Å². The van der Waals surface area contributed by atoms with Gasteiger partial charge in [0.25, 0.3) is 0 Å². The molecule has 1 aliphatic carbocycles. The van der Waals surface area contributed by atoms with E-state index in [0.717, 1.165) is 82.8 Å². The lowest BCUT2D eigenvalue weighted by molar-refractivity contribution is -0.213. The summed E-state index contributed by atoms with van der Waals surface area (Å²) in [6, 6.07) is 0. The Kier molecular flexibility index (Phi) is 33.5. The predicted molar refractivity (Wildman–Crippen MR) is 234 cm³/mol. The van der Waals surface area contributed by atoms with Gasteiger partial charge in [0.15, 0.2) is 5.12 Å². The molecule has 1 fully saturated rings. The molecule has 0 aromatic rings. The highest BCUT2D eigenvalue weighted by molar-refractivity contribution is 8.13. The van der Waals surface area contributed by atoms with Crippen molar-refractivity contribution in [1.29, 1.82) is 0 Å². The highest BCUT2D eigenvalue weighted by Crippen LogP contribution is 2.51. The first-order valence-corrected chi connectivity index (χ1v) is 28.0. The Bertz CT molecular complexity index is 1350. The molecule has 1 rings (SSSR count). The van der Waals surface area contributed by atoms with Crippen LogP contribution in [0.25, 0.3) is 0 Å². The number of carbonyl (C=O) groups excluding carboxylic acids is 2. The van der Waals surface area contributed by atoms with E-state index in [-0.39, 0.29) is 24.9 Å². The maximum atomic E-state index is 13.1. The Morgan fingerprint density at radius 2 is 1.02 bits per heavy atom. The van der Waals surface area contributed by atoms with Gasteiger partial charge in [0, 0.05) is 25.2 Å². The molecular formula is C39H77O20P3S. The van der Waals surface area contributed by atoms with Gasteiger partial charge >= 0.3 is 29.4 Å². The number of esters is 1. The second kappa shape index (κ2) is 34.8. The number of phosphoric acid groups is 3. The molecule has 0 aromatic heterocycles. The van der Waals surface area contributed by atoms with E-state index in [0.29, 0.717) is 19.4 Å². The van der Waals surface area contributed by atoms with Crippen LogP contribution in [0.5, 0.6) is 0 Å². The van der Waals surface area contributed by atoms with Crippen LogP contribution in [-0.2, 0) is 55.6 Å². The molecule has 0 radical (unpaired) electrons. The van der Waals surface area contributed by atoms with Crippen LogP contribution in [-0.4, -0.2) is 126 Å². The highest BCUT2D eigenvalue weighted by Gasteiger charge is 2.56. The molecular weight excluding hydrogens is 913 g/mol. The van der Waals surface area contributed by atoms with Crippen molar-refractivity contribution in [2.45, 2.75) is 204 Å². The molecule has 4 unspecified atom stereocenters. The summed E-state index contributed by atoms with van der Waals surface area (Å²) in [5.74, 6) is 0.219. The van der Waals surface area contributed by atoms with Crippen LogP contribution in [0.3, 0.4) is 0 Å². The lowest BCUT2D eigenvalue weighted by Gasteiger charge is -2.44. The van der Waals surface area contributed by atoms with Gasteiger partial charge in [0.05, 0.1) is 13.2 Å². The van der Waals surface area contributed by atoms with Gasteiger partial charge in [-0.15, -0.1) is 0 Å². The first kappa shape index (κ1) is 60.6. The number of ether oxygens (including phenoxy) is 3. The molecule has 1 aliphatic rings. The van der Waals surface area contributed by atoms with Crippen LogP contribution in [0.1, 0.15) is 162 Å². The number of rotatable bonds is 40. The summed E-state index contributed by atoms with van der Waals surface area (Å²) >= 11 is 1.41. The number of phosphoric ester groups is 3. The average molecular weight is 991 g/mol. The summed E-state index contributed by atoms with van der Waals surface area (Å²) in [6.07, 6.45) is 6.91. The monoisotopic (exact) mass is 990 g/mol. The number of hydrogen-bond donors (Lipinski definition) is 8. The van der Waals surface area contributed by atoms with Crippen molar-refractivity contribution in [3.63, 3.8) is 0 Å². The number of hydrogen-bond acceptors (Lipinski definition) is 16. The third kappa shape index (κ3) is 31.3. The second-order valence-electron chi connectivity index (χ2n) is 15.9. The molecule has 8 atom stereocenters. The molecule has 0 aromatic carbocycles. The minimum atomic E-state index is -5.58. The number of aliphatic hydroxyl groups is 3. The topological polar surface area (TPSA) is 312 Å². The van der Waals surface area contributed by atoms with Crippen molar-refractivity contribution in [2.24, 2.45) is 0 Å². The molecule has 0 spiro atoms. The SMILES string of the molecule is CCCCCCCCCCCCCCCC(=O)O[C@H](COCOCCCCCCCCCSC(=O)CCC)COP(=O)(O)OC1C(O)[C@H](O)C(OP(=O)(O)O)[C@H](OP(=O)(O)O)[C@@H]1O. The van der Waals surface area contributed by atoms with Crippen LogP contribution >= 0.6 is 35.2 Å². The number of carbonyl (C=O) groups is 2. The van der Waals surface area contributed by atoms with E-state index in [9.17, 15) is 63.1 Å². The first-order valence-electron chi connectivity index (χ1n) is 22.5. The van der Waals surface area contributed by atoms with Crippen molar-refractivity contribution < 1.29 is 95.4 Å². The summed E-state index contributed by atoms with van der Waals surface area (Å²) in [5.41, 5.74) is 0. The normalized spacial score (nSPS) is 22.2. The zero-order valence-corrected chi connectivity index (χ0v) is 40.6. The van der Waals surface area contributed by atoms with Gasteiger partial charge in [-0.25, -0.2) is 13.7 Å². The van der Waals surface area contributed by atoms with E-state index in [2.05, 4.69) is 16.0 Å². The third-order valence-corrected chi connectivity index (χ3v) is 13.2. The smallest absolute Gasteiger partial charge is 0.457 e. The van der Waals surface area contributed by atoms with Gasteiger partial charge in [-0.2, -0.15) is 0 Å². The Morgan fingerprint density at radius 1 is 0.540 bits per heavy atom. The lowest BCUT2D eigenvalue weighted by atomic mass is 9.85. The quantitative estimate of drug-likeness (QED) is 0.0137. The van der Waals surface area contributed by atoms with Gasteiger partial charge < -0.3 is 54.0 Å². The first-order chi connectivity index (χ1) is 29.8. The van der Waals surface area contributed by atoms with Crippen LogP contribution in [0.2, 0.25) is 0 Å². The highest BCUT2D eigenvalue weighted by atomic mass is 32.2. The van der Waals surface area contributed by atoms with E-state index in [1.165, 1.54) is 63.1 Å². The van der Waals surface area contributed by atoms with Gasteiger partial charge in [-0.1, -0.05) is 135 Å². The average Bonchev–Trinajstić information content (AvgIpc) is 3.20. The van der Waals surface area contributed by atoms with Crippen LogP contribution in [0.4, 0.5) is 0 Å². The molecule has 1 saturated carbocycles. The number of unbranched alkanes of at least 4 members (excludes halogenated alkanes) is 18. The minimum absolute atomic E-state index is 0.0484. The molecule has 374 valence electrons. The number of aliphatic hydroxyl groups excluding tert-OH is 3. The Balaban J connectivity index is 2.68. The van der Waals surface area contributed by atoms with Crippen molar-refractivity contribution in [1.82, 2.24) is 0 Å². The van der Waals surface area contributed by atoms with E-state index in [1.807, 2.05) is 6.92 Å². The van der Waals surface area contributed by atoms with Gasteiger partial charge in [0.2, 0.25) is 0 Å². The zero-order chi connectivity index (χ0) is 47.2. The van der Waals surface area contributed by atoms with E-state index < -0.39 is 78.8 Å². The standard InChI is InChI=1S/C39H77O20P3S/c1-3-5-6-7-8-9-10-11-12-13-15-18-21-25-32(40)56-31(28-54-30-53-26-22-19-16-14-17-20-23-27-63-33(41)24-4-2)29-55-62(51,52)59-37-34(42)35(43)38(57-60(45,46)47)39(36(37)44)58-61(48,49)50/h31,34-39,42-44H,3-30H2,1-2H3,(H,51,52)(H2,45,46,47)(H2,48,49,50)/t31-,34?,35+,36-,37?,38?,39-/m1/s1. The molecule has 8 N–H and O–H groups in total. The Labute approximate surface area is 377 Å². The van der Waals surface area contributed by atoms with E-state index in [4.69, 9.17) is 23.3 Å². The van der Waals surface area contributed by atoms with E-state index >= 15 is 0 Å². The molecule has 0 heterocycles. The fourth-order valence-corrected chi connectivity index (χ4v) is 9.83. The molecule has 63 heavy (non-hydrogen) atoms. The minimum Gasteiger partial charge on any atom is -0.457 e. The zero-order valence-electron chi connectivity index (χ0n) is 37.1. The molecule has 24 heteroatoms. The Hall–Kier alpha value is -0.380. The van der Waals surface area contributed by atoms with Crippen molar-refractivity contribution in [2.75, 3.05) is 32.4 Å². The van der Waals surface area contributed by atoms with Gasteiger partial charge in [0.1, 0.15) is 49.5 Å². The third-order valence-electron chi connectivity index (χ3n) is 10.1. The van der Waals surface area contributed by atoms with Gasteiger partial charge in [-0.05, 0) is 25.7 Å². The van der Waals surface area contributed by atoms with Gasteiger partial charge in [-0.3, -0.25) is 27.7 Å². The molecule has 0 aliphatic heterocycles. The van der Waals surface area contributed by atoms with E-state index in [1.54, 1.807) is 0 Å². The fourth-order valence-electron chi connectivity index (χ4n) is 6.81. The summed E-state index contributed by atoms with van der Waals surface area (Å²) in [6.45, 7) is 3.22. The summed E-state index contributed by atoms with van der Waals surface area (Å²) in [4.78, 5) is 72.0. The van der Waals surface area contributed by atoms with Crippen LogP contribution in [0, 0.1) is 0 Å². The summed E-state index contributed by atoms with van der Waals surface area (Å²) in [7, 11) is -16.5. The molecule has 0 amide bonds. The molecule has 20 nitrogen and oxygen atoms in total. The van der Waals surface area contributed by atoms with Crippen molar-refractivity contribution in [3.8, 4) is 0 Å². The fraction of sp³-hybridized carbons (Fsp3) is 0.949. The molecule has 0 saturated heterocycles. The predicted octanol–water partition coefficient (Wildman–Crippen LogP) is 6.72. The Morgan fingerprint density at radius 3 is 1.54 bits per heavy atom. The molecule has 0 bridgehead atoms. The second-order valence-corrected chi connectivity index (χ2v) is 20.8. The lowest BCUT2D eigenvalue weighted by Crippen LogP contribution is -2.65. The largest absolute Gasteiger partial charge is 0.472 e. The number of thioether (sulfide) groups is 1. The van der Waals surface area contributed by atoms with Crippen LogP contribution < -0.4 is 0 Å². The van der Waals surface area contributed by atoms with Crippen LogP contribution in [0.15, 0.2) is 0 Å². The summed E-state index contributed by atoms with van der Waals surface area (Å²) in [5, 5.41) is 32.0. The van der Waals surface area contributed by atoms with Crippen molar-refractivity contribution in [3.05, 3.63) is 0 Å². The maximum Gasteiger partial charge on any atom is 0.472 e. The summed E-state index contributed by atoms with van der Waals surface area (Å²) < 4.78 is 71.1.